The summed E-state index contributed by atoms with van der Waals surface area (Å²) in [6, 6.07) is 10.6. The van der Waals surface area contributed by atoms with E-state index in [0.717, 1.165) is 31.6 Å². The average Bonchev–Trinajstić information content (AvgIpc) is 2.69. The van der Waals surface area contributed by atoms with Gasteiger partial charge in [0, 0.05) is 31.7 Å². The maximum absolute atomic E-state index is 9.87. The van der Waals surface area contributed by atoms with Gasteiger partial charge in [-0.15, -0.1) is 0 Å². The highest BCUT2D eigenvalue weighted by Gasteiger charge is 2.32. The summed E-state index contributed by atoms with van der Waals surface area (Å²) in [5.74, 6) is 0. The van der Waals surface area contributed by atoms with E-state index < -0.39 is 0 Å². The van der Waals surface area contributed by atoms with Crippen LogP contribution in [0.15, 0.2) is 30.3 Å². The molecule has 0 saturated carbocycles. The van der Waals surface area contributed by atoms with Crippen LogP contribution in [0.5, 0.6) is 0 Å². The van der Waals surface area contributed by atoms with Crippen molar-refractivity contribution in [3.8, 4) is 0 Å². The van der Waals surface area contributed by atoms with Crippen LogP contribution in [-0.2, 0) is 0 Å². The molecule has 3 atom stereocenters. The molecule has 1 aliphatic heterocycles. The zero-order valence-corrected chi connectivity index (χ0v) is 11.9. The van der Waals surface area contributed by atoms with Crippen LogP contribution < -0.4 is 5.73 Å². The van der Waals surface area contributed by atoms with Crippen LogP contribution in [0.2, 0.25) is 0 Å². The SMILES string of the molecule is CN(C)CC1CC(O)CN1CC(N)c1ccccc1. The summed E-state index contributed by atoms with van der Waals surface area (Å²) >= 11 is 0. The van der Waals surface area contributed by atoms with Crippen LogP contribution in [0.3, 0.4) is 0 Å². The molecule has 1 saturated heterocycles. The summed E-state index contributed by atoms with van der Waals surface area (Å²) in [4.78, 5) is 4.49. The maximum atomic E-state index is 9.87. The molecular formula is C15H25N3O. The first kappa shape index (κ1) is 14.5. The van der Waals surface area contributed by atoms with E-state index in [1.807, 2.05) is 18.2 Å². The summed E-state index contributed by atoms with van der Waals surface area (Å²) < 4.78 is 0. The molecule has 1 heterocycles. The maximum Gasteiger partial charge on any atom is 0.0682 e. The molecule has 1 fully saturated rings. The van der Waals surface area contributed by atoms with Crippen molar-refractivity contribution >= 4 is 0 Å². The predicted octanol–water partition coefficient (Wildman–Crippen LogP) is 0.683. The van der Waals surface area contributed by atoms with Gasteiger partial charge in [-0.1, -0.05) is 30.3 Å². The first-order valence-corrected chi connectivity index (χ1v) is 6.93. The Morgan fingerprint density at radius 3 is 2.68 bits per heavy atom. The van der Waals surface area contributed by atoms with Crippen molar-refractivity contribution in [2.75, 3.05) is 33.7 Å². The van der Waals surface area contributed by atoms with Gasteiger partial charge in [-0.2, -0.15) is 0 Å². The number of hydrogen-bond acceptors (Lipinski definition) is 4. The van der Waals surface area contributed by atoms with Gasteiger partial charge in [0.05, 0.1) is 6.10 Å². The van der Waals surface area contributed by atoms with Gasteiger partial charge in [0.1, 0.15) is 0 Å². The van der Waals surface area contributed by atoms with Crippen molar-refractivity contribution in [1.82, 2.24) is 9.80 Å². The van der Waals surface area contributed by atoms with Gasteiger partial charge in [-0.25, -0.2) is 0 Å². The monoisotopic (exact) mass is 263 g/mol. The van der Waals surface area contributed by atoms with Gasteiger partial charge in [-0.05, 0) is 26.1 Å². The molecule has 4 nitrogen and oxygen atoms in total. The lowest BCUT2D eigenvalue weighted by Crippen LogP contribution is -2.41. The van der Waals surface area contributed by atoms with Crippen LogP contribution in [0, 0.1) is 0 Å². The van der Waals surface area contributed by atoms with E-state index in [-0.39, 0.29) is 12.1 Å². The molecule has 106 valence electrons. The van der Waals surface area contributed by atoms with Gasteiger partial charge in [0.15, 0.2) is 0 Å². The van der Waals surface area contributed by atoms with Gasteiger partial charge in [-0.3, -0.25) is 4.90 Å². The van der Waals surface area contributed by atoms with Crippen LogP contribution in [-0.4, -0.2) is 60.8 Å². The minimum absolute atomic E-state index is 0.0103. The smallest absolute Gasteiger partial charge is 0.0682 e. The lowest BCUT2D eigenvalue weighted by molar-refractivity contribution is 0.168. The third-order valence-corrected chi connectivity index (χ3v) is 3.74. The number of likely N-dealkylation sites (N-methyl/N-ethyl adjacent to an activating group) is 1. The lowest BCUT2D eigenvalue weighted by atomic mass is 10.1. The standard InChI is InChI=1S/C15H25N3O/c1-17(2)9-13-8-14(19)10-18(13)11-15(16)12-6-4-3-5-7-12/h3-7,13-15,19H,8-11,16H2,1-2H3. The molecule has 1 aromatic rings. The van der Waals surface area contributed by atoms with E-state index in [1.54, 1.807) is 0 Å². The van der Waals surface area contributed by atoms with Crippen molar-refractivity contribution in [2.45, 2.75) is 24.6 Å². The molecular weight excluding hydrogens is 238 g/mol. The number of nitrogens with two attached hydrogens (primary N) is 1. The molecule has 0 aromatic heterocycles. The zero-order chi connectivity index (χ0) is 13.8. The Labute approximate surface area is 115 Å². The highest BCUT2D eigenvalue weighted by Crippen LogP contribution is 2.21. The molecule has 0 amide bonds. The Balaban J connectivity index is 1.96. The number of nitrogens with zero attached hydrogens (tertiary/aromatic N) is 2. The lowest BCUT2D eigenvalue weighted by Gasteiger charge is -2.29. The number of aliphatic hydroxyl groups is 1. The molecule has 0 radical (unpaired) electrons. The summed E-state index contributed by atoms with van der Waals surface area (Å²) in [7, 11) is 4.14. The second kappa shape index (κ2) is 6.48. The molecule has 0 spiro atoms. The number of likely N-dealkylation sites (tertiary alicyclic amines) is 1. The fourth-order valence-corrected chi connectivity index (χ4v) is 2.85. The van der Waals surface area contributed by atoms with Gasteiger partial charge >= 0.3 is 0 Å². The molecule has 1 aromatic carbocycles. The largest absolute Gasteiger partial charge is 0.392 e. The minimum Gasteiger partial charge on any atom is -0.392 e. The normalized spacial score (nSPS) is 25.9. The highest BCUT2D eigenvalue weighted by atomic mass is 16.3. The van der Waals surface area contributed by atoms with Gasteiger partial charge in [0.25, 0.3) is 0 Å². The molecule has 1 aliphatic rings. The van der Waals surface area contributed by atoms with Crippen molar-refractivity contribution in [3.63, 3.8) is 0 Å². The van der Waals surface area contributed by atoms with E-state index in [4.69, 9.17) is 5.73 Å². The van der Waals surface area contributed by atoms with Crippen molar-refractivity contribution in [3.05, 3.63) is 35.9 Å². The van der Waals surface area contributed by atoms with Crippen LogP contribution in [0.25, 0.3) is 0 Å². The molecule has 19 heavy (non-hydrogen) atoms. The predicted molar refractivity (Wildman–Crippen MR) is 77.9 cm³/mol. The van der Waals surface area contributed by atoms with Crippen molar-refractivity contribution < 1.29 is 5.11 Å². The Morgan fingerprint density at radius 1 is 1.37 bits per heavy atom. The fourth-order valence-electron chi connectivity index (χ4n) is 2.85. The molecule has 4 heteroatoms. The molecule has 3 N–H and O–H groups in total. The molecule has 2 rings (SSSR count). The Kier molecular flexibility index (Phi) is 4.93. The minimum atomic E-state index is -0.215. The number of β-amino-alcohol motifs (C(OH)–C–C–N with tert-alkyl or cyclic N) is 1. The highest BCUT2D eigenvalue weighted by molar-refractivity contribution is 5.18. The number of hydrogen-bond donors (Lipinski definition) is 2. The molecule has 0 bridgehead atoms. The first-order valence-electron chi connectivity index (χ1n) is 6.93. The quantitative estimate of drug-likeness (QED) is 0.820. The van der Waals surface area contributed by atoms with Crippen LogP contribution in [0.4, 0.5) is 0 Å². The summed E-state index contributed by atoms with van der Waals surface area (Å²) in [5.41, 5.74) is 7.44. The number of aliphatic hydroxyl groups excluding tert-OH is 1. The third kappa shape index (κ3) is 4.01. The van der Waals surface area contributed by atoms with E-state index in [9.17, 15) is 5.11 Å². The Bertz CT molecular complexity index is 382. The summed E-state index contributed by atoms with van der Waals surface area (Å²) in [5, 5.41) is 9.87. The summed E-state index contributed by atoms with van der Waals surface area (Å²) in [6.45, 7) is 2.51. The van der Waals surface area contributed by atoms with Crippen molar-refractivity contribution in [1.29, 1.82) is 0 Å². The summed E-state index contributed by atoms with van der Waals surface area (Å²) in [6.07, 6.45) is 0.632. The average molecular weight is 263 g/mol. The third-order valence-electron chi connectivity index (χ3n) is 3.74. The van der Waals surface area contributed by atoms with Gasteiger partial charge in [0.2, 0.25) is 0 Å². The zero-order valence-electron chi connectivity index (χ0n) is 11.9. The number of benzene rings is 1. The van der Waals surface area contributed by atoms with E-state index in [2.05, 4.69) is 36.0 Å². The van der Waals surface area contributed by atoms with Crippen LogP contribution >= 0.6 is 0 Å². The first-order chi connectivity index (χ1) is 9.06. The topological polar surface area (TPSA) is 52.7 Å². The Hall–Kier alpha value is -0.940. The van der Waals surface area contributed by atoms with Gasteiger partial charge < -0.3 is 15.7 Å². The number of rotatable bonds is 5. The second-order valence-electron chi connectivity index (χ2n) is 5.78. The molecule has 0 aliphatic carbocycles. The second-order valence-corrected chi connectivity index (χ2v) is 5.78. The van der Waals surface area contributed by atoms with E-state index in [1.165, 1.54) is 0 Å². The fraction of sp³-hybridized carbons (Fsp3) is 0.600. The van der Waals surface area contributed by atoms with Crippen molar-refractivity contribution in [2.24, 2.45) is 5.73 Å². The molecule has 3 unspecified atom stereocenters. The van der Waals surface area contributed by atoms with E-state index in [0.29, 0.717) is 6.04 Å². The van der Waals surface area contributed by atoms with Crippen LogP contribution in [0.1, 0.15) is 18.0 Å². The van der Waals surface area contributed by atoms with E-state index >= 15 is 0 Å². The Morgan fingerprint density at radius 2 is 2.05 bits per heavy atom.